The fraction of sp³-hybridized carbons (Fsp3) is 0.550. The summed E-state index contributed by atoms with van der Waals surface area (Å²) in [7, 11) is 0. The Labute approximate surface area is 158 Å². The lowest BCUT2D eigenvalue weighted by atomic mass is 9.99. The molecular formula is C20H25N7. The zero-order valence-electron chi connectivity index (χ0n) is 15.4. The van der Waals surface area contributed by atoms with Gasteiger partial charge in [0, 0.05) is 35.9 Å². The number of hydrogen-bond donors (Lipinski definition) is 2. The Balaban J connectivity index is 1.30. The summed E-state index contributed by atoms with van der Waals surface area (Å²) >= 11 is 0. The largest absolute Gasteiger partial charge is 0.335 e. The van der Waals surface area contributed by atoms with E-state index >= 15 is 0 Å². The highest BCUT2D eigenvalue weighted by molar-refractivity contribution is 5.69. The minimum Gasteiger partial charge on any atom is -0.335 e. The predicted molar refractivity (Wildman–Crippen MR) is 103 cm³/mol. The topological polar surface area (TPSA) is 72.1 Å². The van der Waals surface area contributed by atoms with Crippen LogP contribution in [-0.2, 0) is 5.41 Å². The molecule has 140 valence electrons. The monoisotopic (exact) mass is 363 g/mol. The van der Waals surface area contributed by atoms with Gasteiger partial charge in [-0.15, -0.1) is 0 Å². The van der Waals surface area contributed by atoms with Crippen LogP contribution in [0.1, 0.15) is 50.3 Å². The van der Waals surface area contributed by atoms with Gasteiger partial charge in [-0.1, -0.05) is 6.42 Å². The van der Waals surface area contributed by atoms with Gasteiger partial charge in [0.05, 0.1) is 17.9 Å². The second kappa shape index (κ2) is 5.79. The van der Waals surface area contributed by atoms with Crippen LogP contribution in [0.2, 0.25) is 0 Å². The zero-order chi connectivity index (χ0) is 17.8. The molecule has 2 atom stereocenters. The van der Waals surface area contributed by atoms with Gasteiger partial charge < -0.3 is 10.6 Å². The molecule has 0 bridgehead atoms. The molecule has 2 saturated carbocycles. The normalized spacial score (nSPS) is 27.8. The number of fused-ring (bicyclic) bond motifs is 2. The first kappa shape index (κ1) is 15.6. The third-order valence-corrected chi connectivity index (χ3v) is 6.89. The van der Waals surface area contributed by atoms with Crippen molar-refractivity contribution in [3.8, 4) is 0 Å². The van der Waals surface area contributed by atoms with E-state index in [-0.39, 0.29) is 0 Å². The number of rotatable bonds is 4. The van der Waals surface area contributed by atoms with E-state index in [2.05, 4.69) is 48.4 Å². The van der Waals surface area contributed by atoms with Gasteiger partial charge in [-0.25, -0.2) is 9.97 Å². The van der Waals surface area contributed by atoms with Crippen molar-refractivity contribution in [3.63, 3.8) is 0 Å². The van der Waals surface area contributed by atoms with Crippen LogP contribution in [0.25, 0.3) is 5.65 Å². The summed E-state index contributed by atoms with van der Waals surface area (Å²) in [5.41, 5.74) is 3.59. The fourth-order valence-electron chi connectivity index (χ4n) is 5.36. The van der Waals surface area contributed by atoms with Crippen LogP contribution >= 0.6 is 0 Å². The summed E-state index contributed by atoms with van der Waals surface area (Å²) in [5.74, 6) is 1.66. The van der Waals surface area contributed by atoms with Gasteiger partial charge in [-0.3, -0.25) is 9.08 Å². The molecule has 3 aliphatic rings. The Morgan fingerprint density at radius 2 is 2.07 bits per heavy atom. The Kier molecular flexibility index (Phi) is 3.35. The van der Waals surface area contributed by atoms with Gasteiger partial charge in [0.1, 0.15) is 0 Å². The van der Waals surface area contributed by atoms with Crippen LogP contribution in [0.15, 0.2) is 31.0 Å². The quantitative estimate of drug-likeness (QED) is 0.745. The van der Waals surface area contributed by atoms with E-state index in [1.54, 1.807) is 0 Å². The molecule has 3 aromatic rings. The Morgan fingerprint density at radius 3 is 2.89 bits per heavy atom. The van der Waals surface area contributed by atoms with E-state index in [9.17, 15) is 0 Å². The lowest BCUT2D eigenvalue weighted by Gasteiger charge is -2.22. The Bertz CT molecular complexity index is 983. The Hall–Kier alpha value is -2.41. The summed E-state index contributed by atoms with van der Waals surface area (Å²) in [6.07, 6.45) is 17.6. The van der Waals surface area contributed by atoms with Crippen LogP contribution in [0.5, 0.6) is 0 Å². The van der Waals surface area contributed by atoms with Crippen molar-refractivity contribution in [2.24, 2.45) is 5.92 Å². The molecule has 0 spiro atoms. The summed E-state index contributed by atoms with van der Waals surface area (Å²) in [5, 5.41) is 11.4. The van der Waals surface area contributed by atoms with Crippen molar-refractivity contribution < 1.29 is 0 Å². The molecule has 27 heavy (non-hydrogen) atoms. The number of nitrogens with one attached hydrogen (secondary N) is 2. The van der Waals surface area contributed by atoms with Gasteiger partial charge in [-0.2, -0.15) is 5.10 Å². The molecule has 3 fully saturated rings. The second-order valence-electron chi connectivity index (χ2n) is 8.38. The van der Waals surface area contributed by atoms with Gasteiger partial charge in [-0.05, 0) is 51.1 Å². The number of aromatic nitrogens is 5. The number of hydrogen-bond acceptors (Lipinski definition) is 5. The molecule has 1 saturated heterocycles. The predicted octanol–water partition coefficient (Wildman–Crippen LogP) is 3.04. The fourth-order valence-corrected chi connectivity index (χ4v) is 5.36. The van der Waals surface area contributed by atoms with E-state index < -0.39 is 0 Å². The number of imidazole rings is 1. The van der Waals surface area contributed by atoms with E-state index in [0.717, 1.165) is 49.0 Å². The van der Waals surface area contributed by atoms with Crippen LogP contribution in [0, 0.1) is 5.92 Å². The maximum Gasteiger partial charge on any atom is 0.180 e. The van der Waals surface area contributed by atoms with E-state index in [1.807, 2.05) is 12.4 Å². The highest BCUT2D eigenvalue weighted by Gasteiger charge is 2.59. The molecule has 2 unspecified atom stereocenters. The molecule has 6 rings (SSSR count). The van der Waals surface area contributed by atoms with Gasteiger partial charge in [0.25, 0.3) is 0 Å². The summed E-state index contributed by atoms with van der Waals surface area (Å²) in [6, 6.07) is 0.483. The van der Waals surface area contributed by atoms with Crippen molar-refractivity contribution >= 4 is 17.2 Å². The van der Waals surface area contributed by atoms with E-state index in [1.165, 1.54) is 31.4 Å². The van der Waals surface area contributed by atoms with Crippen LogP contribution in [-0.4, -0.2) is 37.2 Å². The first-order chi connectivity index (χ1) is 13.3. The molecule has 0 aromatic carbocycles. The minimum absolute atomic E-state index is 0.365. The highest BCUT2D eigenvalue weighted by Crippen LogP contribution is 2.64. The SMILES string of the molecule is c1cn2c(C34CCCC3C4)cnc(Nc3cnn(C4CCNCC4)c3)c2n1. The number of nitrogens with zero attached hydrogens (tertiary/aromatic N) is 5. The molecule has 7 heteroatoms. The maximum atomic E-state index is 4.77. The van der Waals surface area contributed by atoms with E-state index in [0.29, 0.717) is 11.5 Å². The Morgan fingerprint density at radius 1 is 1.15 bits per heavy atom. The molecule has 4 heterocycles. The molecule has 2 aliphatic carbocycles. The summed E-state index contributed by atoms with van der Waals surface area (Å²) in [6.45, 7) is 2.13. The van der Waals surface area contributed by atoms with Crippen molar-refractivity contribution in [3.05, 3.63) is 36.7 Å². The molecule has 3 aromatic heterocycles. The molecule has 1 aliphatic heterocycles. The lowest BCUT2D eigenvalue weighted by molar-refractivity contribution is 0.343. The van der Waals surface area contributed by atoms with Crippen molar-refractivity contribution in [1.29, 1.82) is 0 Å². The van der Waals surface area contributed by atoms with E-state index in [4.69, 9.17) is 4.98 Å². The number of anilines is 2. The summed E-state index contributed by atoms with van der Waals surface area (Å²) < 4.78 is 4.34. The maximum absolute atomic E-state index is 4.77. The van der Waals surface area contributed by atoms with Gasteiger partial charge >= 0.3 is 0 Å². The summed E-state index contributed by atoms with van der Waals surface area (Å²) in [4.78, 5) is 9.37. The molecule has 0 radical (unpaired) electrons. The average molecular weight is 363 g/mol. The average Bonchev–Trinajstić information content (AvgIpc) is 3.17. The molecule has 0 amide bonds. The van der Waals surface area contributed by atoms with Gasteiger partial charge in [0.15, 0.2) is 11.5 Å². The smallest absolute Gasteiger partial charge is 0.180 e. The second-order valence-corrected chi connectivity index (χ2v) is 8.38. The highest BCUT2D eigenvalue weighted by atomic mass is 15.3. The molecule has 7 nitrogen and oxygen atoms in total. The van der Waals surface area contributed by atoms with Crippen LogP contribution in [0.3, 0.4) is 0 Å². The van der Waals surface area contributed by atoms with Crippen LogP contribution < -0.4 is 10.6 Å². The lowest BCUT2D eigenvalue weighted by Crippen LogP contribution is -2.29. The van der Waals surface area contributed by atoms with Crippen molar-refractivity contribution in [2.45, 2.75) is 50.0 Å². The van der Waals surface area contributed by atoms with Crippen molar-refractivity contribution in [2.75, 3.05) is 18.4 Å². The zero-order valence-corrected chi connectivity index (χ0v) is 15.4. The first-order valence-electron chi connectivity index (χ1n) is 10.2. The third-order valence-electron chi connectivity index (χ3n) is 6.89. The third kappa shape index (κ3) is 2.41. The first-order valence-corrected chi connectivity index (χ1v) is 10.2. The van der Waals surface area contributed by atoms with Crippen LogP contribution in [0.4, 0.5) is 11.5 Å². The minimum atomic E-state index is 0.365. The number of piperidine rings is 1. The molecular weight excluding hydrogens is 338 g/mol. The standard InChI is InChI=1S/C20H25N7/c1-2-14-10-20(14,5-1)17-12-23-18(19-22-8-9-26(17)19)25-15-11-24-27(13-15)16-3-6-21-7-4-16/h8-9,11-14,16,21H,1-7,10H2,(H,23,25). The van der Waals surface area contributed by atoms with Gasteiger partial charge in [0.2, 0.25) is 0 Å². The van der Waals surface area contributed by atoms with Crippen molar-refractivity contribution in [1.82, 2.24) is 29.5 Å². The molecule has 2 N–H and O–H groups in total.